The third-order valence-electron chi connectivity index (χ3n) is 10.2. The minimum Gasteiger partial charge on any atom is -0.463 e. The third-order valence-corrected chi connectivity index (χ3v) is 10.2. The Balaban J connectivity index is 2.40. The smallest absolute Gasteiger partial charge is 0.338 e. The lowest BCUT2D eigenvalue weighted by atomic mass is 9.98. The van der Waals surface area contributed by atoms with Crippen molar-refractivity contribution in [3.8, 4) is 0 Å². The number of amides is 1. The standard InChI is InChI=1S/C47H73NO13/c1-7-9-11-13-14-15-16-17-18-19-20-22-26-30-40(60-46(54)38-28-24-23-25-29-38)39(48-42(53)31-27-21-12-10-8-2)32-56-47-45(59-37(6)52)44(58-36(5)51)43(57-35(4)50)41(61-47)33-55-34(3)49/h23-26,28-30,39-41,43-45,47H,7-22,27,31-33H2,1-6H3,(H,48,53)/t39-,40+,41+,43-,44-,45+,47+/m0/s1. The molecule has 1 heterocycles. The molecule has 61 heavy (non-hydrogen) atoms. The summed E-state index contributed by atoms with van der Waals surface area (Å²) in [6, 6.07) is 7.51. The van der Waals surface area contributed by atoms with Gasteiger partial charge in [0.25, 0.3) is 0 Å². The van der Waals surface area contributed by atoms with Crippen LogP contribution >= 0.6 is 0 Å². The highest BCUT2D eigenvalue weighted by molar-refractivity contribution is 5.89. The molecule has 0 spiro atoms. The summed E-state index contributed by atoms with van der Waals surface area (Å²) in [7, 11) is 0. The van der Waals surface area contributed by atoms with Crippen LogP contribution in [0.4, 0.5) is 0 Å². The Kier molecular flexibility index (Phi) is 27.3. The van der Waals surface area contributed by atoms with E-state index >= 15 is 0 Å². The number of hydrogen-bond acceptors (Lipinski definition) is 13. The molecule has 14 heteroatoms. The SMILES string of the molecule is CCCCCCCCCCCCCC=C[C@@H](OC(=O)c1ccccc1)[C@H](CO[C@@H]1O[C@H](COC(C)=O)[C@H](OC(C)=O)[C@H](OC(C)=O)[C@H]1OC(C)=O)NC(=O)CCCCCCC. The summed E-state index contributed by atoms with van der Waals surface area (Å²) in [4.78, 5) is 76.0. The Labute approximate surface area is 363 Å². The van der Waals surface area contributed by atoms with Crippen LogP contribution in [-0.2, 0) is 57.1 Å². The van der Waals surface area contributed by atoms with Gasteiger partial charge in [-0.05, 0) is 37.5 Å². The van der Waals surface area contributed by atoms with Crippen LogP contribution in [0.3, 0.4) is 0 Å². The molecule has 0 bridgehead atoms. The molecular formula is C47H73NO13. The fourth-order valence-electron chi connectivity index (χ4n) is 7.09. The van der Waals surface area contributed by atoms with E-state index in [1.807, 2.05) is 6.08 Å². The van der Waals surface area contributed by atoms with Crippen molar-refractivity contribution in [2.75, 3.05) is 13.2 Å². The zero-order valence-electron chi connectivity index (χ0n) is 37.5. The van der Waals surface area contributed by atoms with Gasteiger partial charge in [0.15, 0.2) is 24.6 Å². The van der Waals surface area contributed by atoms with Crippen molar-refractivity contribution in [3.05, 3.63) is 48.0 Å². The number of allylic oxidation sites excluding steroid dienone is 1. The predicted octanol–water partition coefficient (Wildman–Crippen LogP) is 8.41. The molecule has 1 fully saturated rings. The van der Waals surface area contributed by atoms with Crippen molar-refractivity contribution in [2.24, 2.45) is 0 Å². The summed E-state index contributed by atoms with van der Waals surface area (Å²) in [5, 5.41) is 3.01. The maximum absolute atomic E-state index is 13.5. The summed E-state index contributed by atoms with van der Waals surface area (Å²) in [5.41, 5.74) is 0.313. The summed E-state index contributed by atoms with van der Waals surface area (Å²) in [5.74, 6) is -3.89. The van der Waals surface area contributed by atoms with Crippen LogP contribution in [0.2, 0.25) is 0 Å². The van der Waals surface area contributed by atoms with E-state index in [-0.39, 0.29) is 18.9 Å². The maximum Gasteiger partial charge on any atom is 0.338 e. The number of nitrogens with one attached hydrogen (secondary N) is 1. The molecular weight excluding hydrogens is 787 g/mol. The molecule has 0 unspecified atom stereocenters. The molecule has 1 aromatic rings. The van der Waals surface area contributed by atoms with Gasteiger partial charge in [0.2, 0.25) is 5.91 Å². The Hall–Kier alpha value is -4.30. The highest BCUT2D eigenvalue weighted by Gasteiger charge is 2.53. The third kappa shape index (κ3) is 22.9. The van der Waals surface area contributed by atoms with Crippen molar-refractivity contribution in [1.82, 2.24) is 5.32 Å². The normalized spacial score (nSPS) is 19.7. The number of esters is 5. The van der Waals surface area contributed by atoms with Gasteiger partial charge in [-0.2, -0.15) is 0 Å². The van der Waals surface area contributed by atoms with Gasteiger partial charge in [0.05, 0.1) is 18.2 Å². The van der Waals surface area contributed by atoms with E-state index in [0.717, 1.165) is 72.1 Å². The second-order valence-electron chi connectivity index (χ2n) is 15.7. The lowest BCUT2D eigenvalue weighted by molar-refractivity contribution is -0.309. The fourth-order valence-corrected chi connectivity index (χ4v) is 7.09. The lowest BCUT2D eigenvalue weighted by Gasteiger charge is -2.44. The van der Waals surface area contributed by atoms with Crippen LogP contribution in [0.25, 0.3) is 0 Å². The Morgan fingerprint density at radius 1 is 0.656 bits per heavy atom. The first kappa shape index (κ1) is 52.8. The molecule has 1 amide bonds. The first-order chi connectivity index (χ1) is 29.4. The molecule has 1 saturated heterocycles. The Morgan fingerprint density at radius 3 is 1.74 bits per heavy atom. The Bertz CT molecular complexity index is 1470. The molecule has 0 saturated carbocycles. The summed E-state index contributed by atoms with van der Waals surface area (Å²) < 4.78 is 40.4. The first-order valence-corrected chi connectivity index (χ1v) is 22.5. The number of hydrogen-bond donors (Lipinski definition) is 1. The van der Waals surface area contributed by atoms with Gasteiger partial charge in [-0.3, -0.25) is 24.0 Å². The number of rotatable bonds is 31. The largest absolute Gasteiger partial charge is 0.463 e. The van der Waals surface area contributed by atoms with Gasteiger partial charge in [-0.1, -0.05) is 128 Å². The van der Waals surface area contributed by atoms with Crippen molar-refractivity contribution in [3.63, 3.8) is 0 Å². The second kappa shape index (κ2) is 31.5. The molecule has 7 atom stereocenters. The number of carbonyl (C=O) groups excluding carboxylic acids is 6. The molecule has 0 aromatic heterocycles. The van der Waals surface area contributed by atoms with Crippen molar-refractivity contribution in [2.45, 2.75) is 200 Å². The average Bonchev–Trinajstić information content (AvgIpc) is 3.21. The van der Waals surface area contributed by atoms with E-state index in [9.17, 15) is 28.8 Å². The topological polar surface area (TPSA) is 179 Å². The molecule has 1 aromatic carbocycles. The minimum absolute atomic E-state index is 0.223. The van der Waals surface area contributed by atoms with Gasteiger partial charge in [-0.15, -0.1) is 0 Å². The molecule has 14 nitrogen and oxygen atoms in total. The number of ether oxygens (including phenoxy) is 7. The molecule has 1 aliphatic heterocycles. The Morgan fingerprint density at radius 2 is 1.18 bits per heavy atom. The van der Waals surface area contributed by atoms with E-state index in [2.05, 4.69) is 19.2 Å². The first-order valence-electron chi connectivity index (χ1n) is 22.5. The zero-order chi connectivity index (χ0) is 44.8. The molecule has 1 aliphatic rings. The molecule has 2 rings (SSSR count). The van der Waals surface area contributed by atoms with E-state index in [0.29, 0.717) is 12.0 Å². The fraction of sp³-hybridized carbons (Fsp3) is 0.702. The van der Waals surface area contributed by atoms with Crippen LogP contribution in [-0.4, -0.2) is 91.8 Å². The van der Waals surface area contributed by atoms with E-state index < -0.39 is 79.3 Å². The minimum atomic E-state index is -1.50. The predicted molar refractivity (Wildman–Crippen MR) is 229 cm³/mol. The lowest BCUT2D eigenvalue weighted by Crippen LogP contribution is -2.63. The number of carbonyl (C=O) groups is 6. The van der Waals surface area contributed by atoms with Crippen molar-refractivity contribution < 1.29 is 61.9 Å². The van der Waals surface area contributed by atoms with E-state index in [4.69, 9.17) is 33.2 Å². The summed E-state index contributed by atoms with van der Waals surface area (Å²) >= 11 is 0. The van der Waals surface area contributed by atoms with Crippen LogP contribution in [0.5, 0.6) is 0 Å². The molecule has 0 radical (unpaired) electrons. The van der Waals surface area contributed by atoms with Gasteiger partial charge < -0.3 is 38.5 Å². The summed E-state index contributed by atoms with van der Waals surface area (Å²) in [6.45, 7) is 8.15. The maximum atomic E-state index is 13.5. The average molecular weight is 860 g/mol. The van der Waals surface area contributed by atoms with Gasteiger partial charge >= 0.3 is 29.8 Å². The van der Waals surface area contributed by atoms with Gasteiger partial charge in [-0.25, -0.2) is 4.79 Å². The van der Waals surface area contributed by atoms with Crippen molar-refractivity contribution >= 4 is 35.8 Å². The highest BCUT2D eigenvalue weighted by Crippen LogP contribution is 2.30. The molecule has 0 aliphatic carbocycles. The monoisotopic (exact) mass is 860 g/mol. The van der Waals surface area contributed by atoms with Gasteiger partial charge in [0, 0.05) is 34.1 Å². The zero-order valence-corrected chi connectivity index (χ0v) is 37.5. The quantitative estimate of drug-likeness (QED) is 0.0326. The number of benzene rings is 1. The molecule has 1 N–H and O–H groups in total. The van der Waals surface area contributed by atoms with E-state index in [1.165, 1.54) is 58.3 Å². The second-order valence-corrected chi connectivity index (χ2v) is 15.7. The van der Waals surface area contributed by atoms with Crippen LogP contribution < -0.4 is 5.32 Å². The van der Waals surface area contributed by atoms with Crippen LogP contribution in [0.15, 0.2) is 42.5 Å². The van der Waals surface area contributed by atoms with Crippen LogP contribution in [0.1, 0.15) is 167 Å². The summed E-state index contributed by atoms with van der Waals surface area (Å²) in [6.07, 6.45) is 14.5. The number of unbranched alkanes of at least 4 members (excludes halogenated alkanes) is 15. The van der Waals surface area contributed by atoms with E-state index in [1.54, 1.807) is 36.4 Å². The van der Waals surface area contributed by atoms with Crippen molar-refractivity contribution in [1.29, 1.82) is 0 Å². The van der Waals surface area contributed by atoms with Crippen LogP contribution in [0, 0.1) is 0 Å². The highest BCUT2D eigenvalue weighted by atomic mass is 16.7. The molecule has 344 valence electrons. The van der Waals surface area contributed by atoms with Gasteiger partial charge in [0.1, 0.15) is 18.8 Å².